The van der Waals surface area contributed by atoms with Crippen molar-refractivity contribution in [1.29, 1.82) is 0 Å². The standard InChI is InChI=1S/C17H23ClN4O.C2H2O4/c1-12-5-6-16(15(18)9-12)20-17(23)11-19-7-4-8-22-14(3)10-13(2)21-22;3-1(4)2(5)6/h5-6,9-10,19H,4,7-8,11H2,1-3H3,(H,20,23);(H,3,4)(H,5,6). The Morgan fingerprint density at radius 2 is 1.76 bits per heavy atom. The number of nitrogens with one attached hydrogen (secondary N) is 2. The molecule has 0 aliphatic carbocycles. The lowest BCUT2D eigenvalue weighted by Crippen LogP contribution is -2.29. The molecule has 0 bridgehead atoms. The number of nitrogens with zero attached hydrogens (tertiary/aromatic N) is 2. The van der Waals surface area contributed by atoms with Gasteiger partial charge in [0.1, 0.15) is 0 Å². The van der Waals surface area contributed by atoms with Crippen LogP contribution in [0.3, 0.4) is 0 Å². The molecule has 29 heavy (non-hydrogen) atoms. The van der Waals surface area contributed by atoms with Crippen molar-refractivity contribution in [3.05, 3.63) is 46.2 Å². The summed E-state index contributed by atoms with van der Waals surface area (Å²) in [6.45, 7) is 7.86. The highest BCUT2D eigenvalue weighted by molar-refractivity contribution is 6.33. The minimum Gasteiger partial charge on any atom is -0.473 e. The van der Waals surface area contributed by atoms with Crippen LogP contribution in [0.2, 0.25) is 5.02 Å². The van der Waals surface area contributed by atoms with Crippen LogP contribution in [0.25, 0.3) is 0 Å². The molecular weight excluding hydrogens is 400 g/mol. The Hall–Kier alpha value is -2.91. The van der Waals surface area contributed by atoms with Crippen molar-refractivity contribution in [3.63, 3.8) is 0 Å². The number of aromatic nitrogens is 2. The third-order valence-corrected chi connectivity index (χ3v) is 4.01. The summed E-state index contributed by atoms with van der Waals surface area (Å²) in [5.74, 6) is -3.74. The Kier molecular flexibility index (Phi) is 9.84. The number of carbonyl (C=O) groups is 3. The number of aryl methyl sites for hydroxylation is 4. The van der Waals surface area contributed by atoms with Crippen LogP contribution in [0.5, 0.6) is 0 Å². The van der Waals surface area contributed by atoms with Gasteiger partial charge >= 0.3 is 11.9 Å². The summed E-state index contributed by atoms with van der Waals surface area (Å²) in [6.07, 6.45) is 0.917. The number of hydrogen-bond acceptors (Lipinski definition) is 5. The lowest BCUT2D eigenvalue weighted by molar-refractivity contribution is -0.159. The van der Waals surface area contributed by atoms with Crippen LogP contribution in [0.1, 0.15) is 23.4 Å². The first-order valence-electron chi connectivity index (χ1n) is 8.84. The molecule has 1 heterocycles. The van der Waals surface area contributed by atoms with E-state index in [4.69, 9.17) is 31.4 Å². The van der Waals surface area contributed by atoms with E-state index in [1.165, 1.54) is 0 Å². The molecule has 0 atom stereocenters. The van der Waals surface area contributed by atoms with Gasteiger partial charge in [0.05, 0.1) is 22.9 Å². The SMILES string of the molecule is Cc1ccc(NC(=O)CNCCCn2nc(C)cc2C)c(Cl)c1.O=C(O)C(=O)O. The Balaban J connectivity index is 0.000000612. The van der Waals surface area contributed by atoms with Gasteiger partial charge in [-0.05, 0) is 57.5 Å². The molecule has 2 aromatic rings. The summed E-state index contributed by atoms with van der Waals surface area (Å²) in [4.78, 5) is 30.1. The van der Waals surface area contributed by atoms with Crippen LogP contribution in [0, 0.1) is 20.8 Å². The van der Waals surface area contributed by atoms with E-state index in [1.54, 1.807) is 0 Å². The number of benzene rings is 1. The van der Waals surface area contributed by atoms with Gasteiger partial charge in [-0.15, -0.1) is 0 Å². The van der Waals surface area contributed by atoms with Crippen molar-refractivity contribution < 1.29 is 24.6 Å². The van der Waals surface area contributed by atoms with Gasteiger partial charge in [0.2, 0.25) is 5.91 Å². The molecule has 0 saturated heterocycles. The predicted octanol–water partition coefficient (Wildman–Crippen LogP) is 2.24. The second kappa shape index (κ2) is 11.8. The van der Waals surface area contributed by atoms with Gasteiger partial charge < -0.3 is 20.8 Å². The predicted molar refractivity (Wildman–Crippen MR) is 109 cm³/mol. The molecule has 158 valence electrons. The highest BCUT2D eigenvalue weighted by Crippen LogP contribution is 2.22. The number of amides is 1. The zero-order valence-electron chi connectivity index (χ0n) is 16.5. The molecule has 1 amide bonds. The van der Waals surface area contributed by atoms with E-state index >= 15 is 0 Å². The van der Waals surface area contributed by atoms with Crippen LogP contribution in [-0.2, 0) is 20.9 Å². The molecule has 0 aliphatic rings. The van der Waals surface area contributed by atoms with Crippen molar-refractivity contribution in [2.45, 2.75) is 33.7 Å². The monoisotopic (exact) mass is 424 g/mol. The van der Waals surface area contributed by atoms with Crippen molar-refractivity contribution in [2.75, 3.05) is 18.4 Å². The largest absolute Gasteiger partial charge is 0.473 e. The van der Waals surface area contributed by atoms with E-state index in [-0.39, 0.29) is 12.5 Å². The lowest BCUT2D eigenvalue weighted by atomic mass is 10.2. The number of aliphatic carboxylic acids is 2. The fourth-order valence-electron chi connectivity index (χ4n) is 2.37. The number of hydrogen-bond donors (Lipinski definition) is 4. The van der Waals surface area contributed by atoms with E-state index in [9.17, 15) is 4.79 Å². The third kappa shape index (κ3) is 9.22. The van der Waals surface area contributed by atoms with Gasteiger partial charge in [-0.3, -0.25) is 9.48 Å². The topological polar surface area (TPSA) is 134 Å². The average molecular weight is 425 g/mol. The summed E-state index contributed by atoms with van der Waals surface area (Å²) in [6, 6.07) is 7.63. The first kappa shape index (κ1) is 24.1. The number of carboxylic acid groups (broad SMARTS) is 2. The van der Waals surface area contributed by atoms with Gasteiger partial charge in [-0.2, -0.15) is 5.10 Å². The summed E-state index contributed by atoms with van der Waals surface area (Å²) in [5, 5.41) is 25.7. The molecule has 1 aromatic heterocycles. The maximum absolute atomic E-state index is 11.9. The van der Waals surface area contributed by atoms with E-state index in [2.05, 4.69) is 21.8 Å². The molecule has 0 radical (unpaired) electrons. The highest BCUT2D eigenvalue weighted by atomic mass is 35.5. The molecule has 4 N–H and O–H groups in total. The number of carboxylic acids is 2. The number of rotatable bonds is 7. The number of anilines is 1. The molecule has 0 aliphatic heterocycles. The molecule has 0 fully saturated rings. The van der Waals surface area contributed by atoms with Crippen LogP contribution in [0.15, 0.2) is 24.3 Å². The van der Waals surface area contributed by atoms with Crippen LogP contribution < -0.4 is 10.6 Å². The average Bonchev–Trinajstić information content (AvgIpc) is 2.95. The number of halogens is 1. The zero-order chi connectivity index (χ0) is 22.0. The molecule has 10 heteroatoms. The van der Waals surface area contributed by atoms with Crippen molar-refractivity contribution >= 4 is 35.1 Å². The van der Waals surface area contributed by atoms with Crippen molar-refractivity contribution in [3.8, 4) is 0 Å². The van der Waals surface area contributed by atoms with Crippen molar-refractivity contribution in [2.24, 2.45) is 0 Å². The van der Waals surface area contributed by atoms with Crippen LogP contribution >= 0.6 is 11.6 Å². The first-order chi connectivity index (χ1) is 13.6. The Morgan fingerprint density at radius 1 is 1.10 bits per heavy atom. The Morgan fingerprint density at radius 3 is 2.28 bits per heavy atom. The molecule has 1 aromatic carbocycles. The fourth-order valence-corrected chi connectivity index (χ4v) is 2.66. The van der Waals surface area contributed by atoms with Crippen LogP contribution in [0.4, 0.5) is 5.69 Å². The van der Waals surface area contributed by atoms with Gasteiger partial charge in [0.15, 0.2) is 0 Å². The molecule has 0 saturated carbocycles. The van der Waals surface area contributed by atoms with Gasteiger partial charge in [-0.1, -0.05) is 17.7 Å². The van der Waals surface area contributed by atoms with Gasteiger partial charge in [0, 0.05) is 12.2 Å². The maximum Gasteiger partial charge on any atom is 0.414 e. The summed E-state index contributed by atoms with van der Waals surface area (Å²) < 4.78 is 1.99. The van der Waals surface area contributed by atoms with E-state index in [0.717, 1.165) is 36.5 Å². The normalized spacial score (nSPS) is 10.1. The van der Waals surface area contributed by atoms with E-state index < -0.39 is 11.9 Å². The van der Waals surface area contributed by atoms with E-state index in [1.807, 2.05) is 43.7 Å². The summed E-state index contributed by atoms with van der Waals surface area (Å²) in [5.41, 5.74) is 3.90. The third-order valence-electron chi connectivity index (χ3n) is 3.69. The highest BCUT2D eigenvalue weighted by Gasteiger charge is 2.06. The first-order valence-corrected chi connectivity index (χ1v) is 9.22. The second-order valence-electron chi connectivity index (χ2n) is 6.32. The van der Waals surface area contributed by atoms with Crippen LogP contribution in [-0.4, -0.2) is 50.9 Å². The quantitative estimate of drug-likeness (QED) is 0.395. The summed E-state index contributed by atoms with van der Waals surface area (Å²) >= 11 is 6.10. The Bertz CT molecular complexity index is 854. The summed E-state index contributed by atoms with van der Waals surface area (Å²) in [7, 11) is 0. The lowest BCUT2D eigenvalue weighted by Gasteiger charge is -2.09. The molecular formula is C19H25ClN4O5. The Labute approximate surface area is 173 Å². The number of carbonyl (C=O) groups excluding carboxylic acids is 1. The van der Waals surface area contributed by atoms with Gasteiger partial charge in [-0.25, -0.2) is 9.59 Å². The minimum absolute atomic E-state index is 0.0955. The maximum atomic E-state index is 11.9. The second-order valence-corrected chi connectivity index (χ2v) is 6.73. The minimum atomic E-state index is -1.82. The molecule has 9 nitrogen and oxygen atoms in total. The van der Waals surface area contributed by atoms with E-state index in [0.29, 0.717) is 10.7 Å². The molecule has 0 spiro atoms. The van der Waals surface area contributed by atoms with Gasteiger partial charge in [0.25, 0.3) is 0 Å². The van der Waals surface area contributed by atoms with Crippen molar-refractivity contribution in [1.82, 2.24) is 15.1 Å². The molecule has 0 unspecified atom stereocenters. The fraction of sp³-hybridized carbons (Fsp3) is 0.368. The zero-order valence-corrected chi connectivity index (χ0v) is 17.3. The smallest absolute Gasteiger partial charge is 0.414 e. The molecule has 2 rings (SSSR count).